The molecule has 0 fully saturated rings. The third-order valence-corrected chi connectivity index (χ3v) is 1.40. The van der Waals surface area contributed by atoms with Crippen LogP contribution in [0.2, 0.25) is 0 Å². The van der Waals surface area contributed by atoms with Gasteiger partial charge in [-0.15, -0.1) is 0 Å². The molecule has 6 heteroatoms. The number of carboxylic acid groups (broad SMARTS) is 1. The molecule has 1 rings (SSSR count). The minimum Gasteiger partial charge on any atom is -0.493 e. The number of nitrogens with zero attached hydrogens (tertiary/aromatic N) is 2. The van der Waals surface area contributed by atoms with Crippen molar-refractivity contribution in [1.29, 1.82) is 0 Å². The highest BCUT2D eigenvalue weighted by molar-refractivity contribution is 5.71. The van der Waals surface area contributed by atoms with Crippen molar-refractivity contribution in [1.82, 2.24) is 9.97 Å². The van der Waals surface area contributed by atoms with Crippen LogP contribution in [0.25, 0.3) is 0 Å². The van der Waals surface area contributed by atoms with E-state index in [4.69, 9.17) is 15.3 Å². The molecule has 0 unspecified atom stereocenters. The Morgan fingerprint density at radius 2 is 1.77 bits per heavy atom. The molecule has 0 aliphatic heterocycles. The molecule has 1 aromatic rings. The van der Waals surface area contributed by atoms with Crippen LogP contribution in [0.5, 0.6) is 11.8 Å². The average Bonchev–Trinajstić information content (AvgIpc) is 1.96. The fraction of sp³-hybridized carbons (Fsp3) is 0.286. The molecule has 70 valence electrons. The summed E-state index contributed by atoms with van der Waals surface area (Å²) in [5.41, 5.74) is -0.168. The Labute approximate surface area is 73.5 Å². The average molecular weight is 184 g/mol. The van der Waals surface area contributed by atoms with Crippen LogP contribution in [0.3, 0.4) is 0 Å². The van der Waals surface area contributed by atoms with Gasteiger partial charge in [-0.3, -0.25) is 4.79 Å². The van der Waals surface area contributed by atoms with E-state index in [1.807, 2.05) is 0 Å². The van der Waals surface area contributed by atoms with Crippen LogP contribution in [0, 0.1) is 6.92 Å². The van der Waals surface area contributed by atoms with Crippen molar-refractivity contribution in [3.05, 3.63) is 11.4 Å². The van der Waals surface area contributed by atoms with E-state index in [1.165, 1.54) is 6.92 Å². The quantitative estimate of drug-likeness (QED) is 0.589. The molecule has 1 heterocycles. The summed E-state index contributed by atoms with van der Waals surface area (Å²) < 4.78 is 0. The minimum atomic E-state index is -1.17. The summed E-state index contributed by atoms with van der Waals surface area (Å²) in [5, 5.41) is 26.7. The van der Waals surface area contributed by atoms with Crippen molar-refractivity contribution < 1.29 is 20.1 Å². The Hall–Kier alpha value is -1.85. The van der Waals surface area contributed by atoms with E-state index in [0.717, 1.165) is 0 Å². The lowest BCUT2D eigenvalue weighted by Crippen LogP contribution is -2.03. The van der Waals surface area contributed by atoms with E-state index < -0.39 is 24.2 Å². The number of carboxylic acids is 1. The van der Waals surface area contributed by atoms with Crippen molar-refractivity contribution in [2.24, 2.45) is 0 Å². The lowest BCUT2D eigenvalue weighted by Gasteiger charge is -2.03. The van der Waals surface area contributed by atoms with Crippen LogP contribution < -0.4 is 0 Å². The number of hydrogen-bond donors (Lipinski definition) is 3. The maximum atomic E-state index is 10.3. The van der Waals surface area contributed by atoms with Crippen molar-refractivity contribution in [3.8, 4) is 11.8 Å². The molecule has 0 radical (unpaired) electrons. The molecule has 3 N–H and O–H groups in total. The largest absolute Gasteiger partial charge is 0.493 e. The Morgan fingerprint density at radius 3 is 2.15 bits per heavy atom. The Bertz CT molecular complexity index is 327. The van der Waals surface area contributed by atoms with E-state index in [-0.39, 0.29) is 11.4 Å². The topological polar surface area (TPSA) is 104 Å². The fourth-order valence-electron chi connectivity index (χ4n) is 0.876. The molecular formula is C7H8N2O4. The maximum absolute atomic E-state index is 10.3. The summed E-state index contributed by atoms with van der Waals surface area (Å²) in [7, 11) is 0. The molecule has 6 nitrogen and oxygen atoms in total. The van der Waals surface area contributed by atoms with Crippen LogP contribution in [0.4, 0.5) is 0 Å². The highest BCUT2D eigenvalue weighted by atomic mass is 16.4. The smallest absolute Gasteiger partial charge is 0.308 e. The van der Waals surface area contributed by atoms with Crippen LogP contribution >= 0.6 is 0 Å². The van der Waals surface area contributed by atoms with Gasteiger partial charge < -0.3 is 15.3 Å². The zero-order valence-corrected chi connectivity index (χ0v) is 6.85. The predicted octanol–water partition coefficient (Wildman–Crippen LogP) is -0.177. The summed E-state index contributed by atoms with van der Waals surface area (Å²) in [6, 6.07) is 0. The number of rotatable bonds is 2. The van der Waals surface area contributed by atoms with Gasteiger partial charge >= 0.3 is 5.97 Å². The Morgan fingerprint density at radius 1 is 1.31 bits per heavy atom. The predicted molar refractivity (Wildman–Crippen MR) is 41.4 cm³/mol. The first kappa shape index (κ1) is 9.24. The normalized spacial score (nSPS) is 9.92. The highest BCUT2D eigenvalue weighted by Crippen LogP contribution is 2.22. The minimum absolute atomic E-state index is 0.168. The fourth-order valence-corrected chi connectivity index (χ4v) is 0.876. The van der Waals surface area contributed by atoms with E-state index in [9.17, 15) is 4.79 Å². The van der Waals surface area contributed by atoms with Gasteiger partial charge in [0.2, 0.25) is 11.8 Å². The van der Waals surface area contributed by atoms with Crippen LogP contribution in [0.15, 0.2) is 0 Å². The molecular weight excluding hydrogens is 176 g/mol. The monoisotopic (exact) mass is 184 g/mol. The van der Waals surface area contributed by atoms with Gasteiger partial charge in [-0.1, -0.05) is 0 Å². The first-order valence-corrected chi connectivity index (χ1v) is 3.48. The second-order valence-electron chi connectivity index (χ2n) is 2.47. The molecule has 1 aromatic heterocycles. The Kier molecular flexibility index (Phi) is 2.32. The van der Waals surface area contributed by atoms with E-state index in [2.05, 4.69) is 9.97 Å². The summed E-state index contributed by atoms with van der Waals surface area (Å²) in [4.78, 5) is 17.3. The van der Waals surface area contributed by atoms with Crippen molar-refractivity contribution >= 4 is 5.97 Å². The van der Waals surface area contributed by atoms with Gasteiger partial charge in [0.05, 0.1) is 12.0 Å². The van der Waals surface area contributed by atoms with Gasteiger partial charge in [-0.2, -0.15) is 9.97 Å². The molecule has 0 spiro atoms. The summed E-state index contributed by atoms with van der Waals surface area (Å²) in [5.74, 6) is -1.97. The molecule has 0 aliphatic rings. The van der Waals surface area contributed by atoms with Crippen LogP contribution in [-0.4, -0.2) is 31.3 Å². The highest BCUT2D eigenvalue weighted by Gasteiger charge is 2.14. The third kappa shape index (κ3) is 2.05. The SMILES string of the molecule is Cc1nc(O)c(CC(=O)O)c(O)n1. The zero-order valence-electron chi connectivity index (χ0n) is 6.85. The van der Waals surface area contributed by atoms with Gasteiger partial charge in [-0.05, 0) is 6.92 Å². The maximum Gasteiger partial charge on any atom is 0.308 e. The number of aromatic hydroxyl groups is 2. The molecule has 0 bridgehead atoms. The van der Waals surface area contributed by atoms with Gasteiger partial charge in [0.25, 0.3) is 0 Å². The van der Waals surface area contributed by atoms with Crippen molar-refractivity contribution in [2.75, 3.05) is 0 Å². The standard InChI is InChI=1S/C7H8N2O4/c1-3-8-6(12)4(2-5(10)11)7(13)9-3/h2H2,1H3,(H,10,11)(H2,8,9,12,13). The van der Waals surface area contributed by atoms with E-state index >= 15 is 0 Å². The lowest BCUT2D eigenvalue weighted by molar-refractivity contribution is -0.136. The number of carbonyl (C=O) groups is 1. The second kappa shape index (κ2) is 3.26. The summed E-state index contributed by atoms with van der Waals surface area (Å²) in [6.45, 7) is 1.48. The van der Waals surface area contributed by atoms with Crippen molar-refractivity contribution in [3.63, 3.8) is 0 Å². The Balaban J connectivity index is 3.13. The summed E-state index contributed by atoms with van der Waals surface area (Å²) in [6.07, 6.45) is -0.502. The molecule has 0 aromatic carbocycles. The molecule has 0 atom stereocenters. The molecule has 0 aliphatic carbocycles. The first-order chi connectivity index (χ1) is 6.00. The summed E-state index contributed by atoms with van der Waals surface area (Å²) >= 11 is 0. The van der Waals surface area contributed by atoms with Gasteiger partial charge in [0.1, 0.15) is 5.82 Å². The lowest BCUT2D eigenvalue weighted by atomic mass is 10.2. The number of aryl methyl sites for hydroxylation is 1. The third-order valence-electron chi connectivity index (χ3n) is 1.40. The molecule has 13 heavy (non-hydrogen) atoms. The van der Waals surface area contributed by atoms with Gasteiger partial charge in [-0.25, -0.2) is 0 Å². The van der Waals surface area contributed by atoms with Gasteiger partial charge in [0.15, 0.2) is 0 Å². The van der Waals surface area contributed by atoms with Crippen LogP contribution in [-0.2, 0) is 11.2 Å². The number of aromatic nitrogens is 2. The van der Waals surface area contributed by atoms with Crippen molar-refractivity contribution in [2.45, 2.75) is 13.3 Å². The molecule has 0 amide bonds. The first-order valence-electron chi connectivity index (χ1n) is 3.48. The number of hydrogen-bond acceptors (Lipinski definition) is 5. The molecule has 0 saturated heterocycles. The molecule has 0 saturated carbocycles. The second-order valence-corrected chi connectivity index (χ2v) is 2.47. The number of aliphatic carboxylic acids is 1. The van der Waals surface area contributed by atoms with Crippen LogP contribution in [0.1, 0.15) is 11.4 Å². The van der Waals surface area contributed by atoms with E-state index in [0.29, 0.717) is 0 Å². The van der Waals surface area contributed by atoms with E-state index in [1.54, 1.807) is 0 Å². The zero-order chi connectivity index (χ0) is 10.0. The van der Waals surface area contributed by atoms with Gasteiger partial charge in [0, 0.05) is 0 Å².